The summed E-state index contributed by atoms with van der Waals surface area (Å²) in [6.45, 7) is 7.62. The zero-order valence-electron chi connectivity index (χ0n) is 23.9. The zero-order valence-corrected chi connectivity index (χ0v) is 23.9. The molecule has 0 aliphatic carbocycles. The lowest BCUT2D eigenvalue weighted by Crippen LogP contribution is -2.44. The van der Waals surface area contributed by atoms with Crippen LogP contribution in [-0.2, 0) is 9.47 Å². The smallest absolute Gasteiger partial charge is 0.417 e. The summed E-state index contributed by atoms with van der Waals surface area (Å²) in [5.41, 5.74) is 8.71. The maximum Gasteiger partial charge on any atom is 0.417 e. The van der Waals surface area contributed by atoms with E-state index in [4.69, 9.17) is 25.6 Å². The van der Waals surface area contributed by atoms with Gasteiger partial charge in [0, 0.05) is 31.6 Å². The van der Waals surface area contributed by atoms with E-state index in [1.165, 1.54) is 0 Å². The quantitative estimate of drug-likeness (QED) is 0.166. The number of fused-ring (bicyclic) bond motifs is 1. The lowest BCUT2D eigenvalue weighted by atomic mass is 10.0. The first-order valence-corrected chi connectivity index (χ1v) is 13.8. The Morgan fingerprint density at radius 3 is 2.67 bits per heavy atom. The van der Waals surface area contributed by atoms with Gasteiger partial charge in [0.05, 0.1) is 17.1 Å². The first-order valence-electron chi connectivity index (χ1n) is 13.8. The Balaban J connectivity index is 1.46. The van der Waals surface area contributed by atoms with E-state index in [0.717, 1.165) is 58.8 Å². The topological polar surface area (TPSA) is 121 Å². The van der Waals surface area contributed by atoms with Gasteiger partial charge in [-0.15, -0.1) is 0 Å². The number of imidazole rings is 1. The van der Waals surface area contributed by atoms with Crippen LogP contribution in [-0.4, -0.2) is 70.2 Å². The standard InChI is InChI=1S/C31H40N6O3/c1-31(2,3)40-30(38)37(29(32)33)18-9-5-6-11-22-12-10-13-23(21-22)27(39-24-16-19-36(4)20-17-24)28-34-25-14-7-8-15-26(25)35-28/h7-8,10,12-15,21,24,27H,5,9,16-20H2,1-4H3,(H3,32,33)(H,34,35). The van der Waals surface area contributed by atoms with Gasteiger partial charge < -0.3 is 25.1 Å². The minimum absolute atomic E-state index is 0.151. The van der Waals surface area contributed by atoms with Crippen molar-refractivity contribution in [3.05, 3.63) is 65.5 Å². The molecule has 2 heterocycles. The number of hydrogen-bond acceptors (Lipinski definition) is 6. The lowest BCUT2D eigenvalue weighted by Gasteiger charge is -2.31. The molecule has 1 fully saturated rings. The van der Waals surface area contributed by atoms with E-state index >= 15 is 0 Å². The monoisotopic (exact) mass is 544 g/mol. The van der Waals surface area contributed by atoms with Gasteiger partial charge in [0.25, 0.3) is 0 Å². The Hall–Kier alpha value is -3.87. The number of unbranched alkanes of at least 4 members (excludes halogenated alkanes) is 1. The van der Waals surface area contributed by atoms with Crippen molar-refractivity contribution < 1.29 is 14.3 Å². The maximum atomic E-state index is 12.3. The number of carbonyl (C=O) groups excluding carboxylic acids is 1. The SMILES string of the molecule is CN1CCC(OC(c2cccc(C#CCCCN(C(=N)N)C(=O)OC(C)(C)C)c2)c2nc3ccccc3[nH]2)CC1. The van der Waals surface area contributed by atoms with E-state index in [9.17, 15) is 4.79 Å². The summed E-state index contributed by atoms with van der Waals surface area (Å²) in [5, 5.41) is 7.72. The van der Waals surface area contributed by atoms with E-state index in [0.29, 0.717) is 12.8 Å². The van der Waals surface area contributed by atoms with Crippen LogP contribution in [0.2, 0.25) is 0 Å². The van der Waals surface area contributed by atoms with Crippen molar-refractivity contribution in [3.8, 4) is 11.8 Å². The summed E-state index contributed by atoms with van der Waals surface area (Å²) in [5.74, 6) is 6.87. The second kappa shape index (κ2) is 13.0. The molecule has 1 aromatic heterocycles. The van der Waals surface area contributed by atoms with Crippen molar-refractivity contribution in [2.24, 2.45) is 5.73 Å². The molecule has 1 aliphatic heterocycles. The summed E-state index contributed by atoms with van der Waals surface area (Å²) < 4.78 is 12.0. The number of nitrogens with one attached hydrogen (secondary N) is 2. The third kappa shape index (κ3) is 8.07. The van der Waals surface area contributed by atoms with Crippen molar-refractivity contribution in [2.45, 2.75) is 64.3 Å². The second-order valence-electron chi connectivity index (χ2n) is 11.2. The number of para-hydroxylation sites is 2. The fraction of sp³-hybridized carbons (Fsp3) is 0.452. The number of benzene rings is 2. The molecule has 0 spiro atoms. The Morgan fingerprint density at radius 1 is 1.23 bits per heavy atom. The minimum Gasteiger partial charge on any atom is -0.443 e. The highest BCUT2D eigenvalue weighted by Crippen LogP contribution is 2.30. The van der Waals surface area contributed by atoms with Crippen LogP contribution in [0, 0.1) is 17.3 Å². The molecule has 9 nitrogen and oxygen atoms in total. The summed E-state index contributed by atoms with van der Waals surface area (Å²) in [6.07, 6.45) is 2.25. The number of ether oxygens (including phenoxy) is 2. The molecule has 4 rings (SSSR count). The molecular formula is C31H40N6O3. The Morgan fingerprint density at radius 2 is 1.98 bits per heavy atom. The van der Waals surface area contributed by atoms with E-state index in [-0.39, 0.29) is 24.7 Å². The van der Waals surface area contributed by atoms with Crippen LogP contribution in [0.3, 0.4) is 0 Å². The van der Waals surface area contributed by atoms with Crippen molar-refractivity contribution in [2.75, 3.05) is 26.7 Å². The Labute approximate surface area is 236 Å². The number of guanidine groups is 1. The highest BCUT2D eigenvalue weighted by Gasteiger charge is 2.26. The highest BCUT2D eigenvalue weighted by atomic mass is 16.6. The van der Waals surface area contributed by atoms with Crippen LogP contribution in [0.1, 0.15) is 69.5 Å². The van der Waals surface area contributed by atoms with E-state index in [2.05, 4.69) is 40.9 Å². The van der Waals surface area contributed by atoms with Gasteiger partial charge in [0.2, 0.25) is 0 Å². The van der Waals surface area contributed by atoms with E-state index in [1.807, 2.05) is 36.4 Å². The number of likely N-dealkylation sites (tertiary alicyclic amines) is 1. The van der Waals surface area contributed by atoms with Gasteiger partial charge in [-0.3, -0.25) is 5.41 Å². The van der Waals surface area contributed by atoms with Crippen LogP contribution in [0.25, 0.3) is 11.0 Å². The molecule has 0 bridgehead atoms. The molecule has 1 unspecified atom stereocenters. The average Bonchev–Trinajstić information content (AvgIpc) is 3.33. The number of hydrogen-bond donors (Lipinski definition) is 3. The predicted molar refractivity (Wildman–Crippen MR) is 157 cm³/mol. The van der Waals surface area contributed by atoms with Gasteiger partial charge in [-0.05, 0) is 76.9 Å². The Bertz CT molecular complexity index is 1340. The Kier molecular flexibility index (Phi) is 9.46. The molecule has 40 heavy (non-hydrogen) atoms. The number of carbonyl (C=O) groups is 1. The summed E-state index contributed by atoms with van der Waals surface area (Å²) in [4.78, 5) is 24.1. The fourth-order valence-electron chi connectivity index (χ4n) is 4.61. The van der Waals surface area contributed by atoms with Crippen molar-refractivity contribution in [3.63, 3.8) is 0 Å². The van der Waals surface area contributed by atoms with Gasteiger partial charge in [-0.1, -0.05) is 36.1 Å². The summed E-state index contributed by atoms with van der Waals surface area (Å²) in [7, 11) is 2.14. The predicted octanol–water partition coefficient (Wildman–Crippen LogP) is 5.03. The van der Waals surface area contributed by atoms with E-state index < -0.39 is 11.7 Å². The first kappa shape index (κ1) is 29.1. The molecule has 1 atom stereocenters. The molecule has 1 saturated heterocycles. The molecule has 3 aromatic rings. The minimum atomic E-state index is -0.660. The van der Waals surface area contributed by atoms with Crippen LogP contribution in [0.15, 0.2) is 48.5 Å². The van der Waals surface area contributed by atoms with Crippen molar-refractivity contribution in [1.82, 2.24) is 19.8 Å². The molecule has 212 valence electrons. The van der Waals surface area contributed by atoms with Crippen LogP contribution in [0.4, 0.5) is 4.79 Å². The number of rotatable bonds is 7. The van der Waals surface area contributed by atoms with Crippen LogP contribution in [0.5, 0.6) is 0 Å². The third-order valence-corrected chi connectivity index (χ3v) is 6.66. The van der Waals surface area contributed by atoms with Crippen LogP contribution < -0.4 is 5.73 Å². The van der Waals surface area contributed by atoms with Gasteiger partial charge >= 0.3 is 6.09 Å². The van der Waals surface area contributed by atoms with Gasteiger partial charge in [-0.2, -0.15) is 0 Å². The van der Waals surface area contributed by atoms with Gasteiger partial charge in [0.15, 0.2) is 5.96 Å². The number of aromatic nitrogens is 2. The largest absolute Gasteiger partial charge is 0.443 e. The maximum absolute atomic E-state index is 12.3. The first-order chi connectivity index (χ1) is 19.1. The molecule has 0 saturated carbocycles. The summed E-state index contributed by atoms with van der Waals surface area (Å²) >= 11 is 0. The van der Waals surface area contributed by atoms with Crippen molar-refractivity contribution >= 4 is 23.1 Å². The number of H-pyrrole nitrogens is 1. The number of amides is 1. The fourth-order valence-corrected chi connectivity index (χ4v) is 4.61. The number of aromatic amines is 1. The van der Waals surface area contributed by atoms with E-state index in [1.54, 1.807) is 20.8 Å². The van der Waals surface area contributed by atoms with Crippen molar-refractivity contribution in [1.29, 1.82) is 5.41 Å². The molecule has 1 amide bonds. The average molecular weight is 545 g/mol. The molecule has 4 N–H and O–H groups in total. The second-order valence-corrected chi connectivity index (χ2v) is 11.2. The summed E-state index contributed by atoms with van der Waals surface area (Å²) in [6, 6.07) is 16.1. The molecule has 9 heteroatoms. The molecular weight excluding hydrogens is 504 g/mol. The van der Waals surface area contributed by atoms with Crippen LogP contribution >= 0.6 is 0 Å². The zero-order chi connectivity index (χ0) is 28.7. The number of nitrogens with zero attached hydrogens (tertiary/aromatic N) is 3. The highest BCUT2D eigenvalue weighted by molar-refractivity contribution is 5.91. The molecule has 1 aliphatic rings. The third-order valence-electron chi connectivity index (χ3n) is 6.66. The number of nitrogens with two attached hydrogens (primary N) is 1. The van der Waals surface area contributed by atoms with Gasteiger partial charge in [0.1, 0.15) is 17.5 Å². The lowest BCUT2D eigenvalue weighted by molar-refractivity contribution is -0.0264. The molecule has 2 aromatic carbocycles. The van der Waals surface area contributed by atoms with Gasteiger partial charge in [-0.25, -0.2) is 14.7 Å². The number of piperidine rings is 1. The normalized spacial score (nSPS) is 15.3. The molecule has 0 radical (unpaired) electrons.